The molecule has 5 heteroatoms. The van der Waals surface area contributed by atoms with Gasteiger partial charge >= 0.3 is 0 Å². The second-order valence-electron chi connectivity index (χ2n) is 6.34. The quantitative estimate of drug-likeness (QED) is 0.933. The number of nitrogens with zero attached hydrogens (tertiary/aromatic N) is 3. The third-order valence-corrected chi connectivity index (χ3v) is 4.75. The zero-order valence-electron chi connectivity index (χ0n) is 14.2. The van der Waals surface area contributed by atoms with Crippen molar-refractivity contribution in [1.29, 1.82) is 0 Å². The van der Waals surface area contributed by atoms with E-state index in [0.717, 1.165) is 6.54 Å². The standard InChI is InChI=1S/C18H26N4.ClH/c1-14-4-5-15(13-22-10-7-16(19-2)8-11-22)17(12-14)18-6-9-20-21(18)3;/h4-6,9,12,16,19H,7-8,10-11,13H2,1-3H3;1H. The zero-order chi connectivity index (χ0) is 15.5. The van der Waals surface area contributed by atoms with Crippen LogP contribution in [0.1, 0.15) is 24.0 Å². The van der Waals surface area contributed by atoms with E-state index in [4.69, 9.17) is 0 Å². The number of likely N-dealkylation sites (tertiary alicyclic amines) is 1. The summed E-state index contributed by atoms with van der Waals surface area (Å²) in [7, 11) is 4.08. The van der Waals surface area contributed by atoms with Crippen molar-refractivity contribution < 1.29 is 0 Å². The van der Waals surface area contributed by atoms with Gasteiger partial charge in [0, 0.05) is 31.4 Å². The molecular weight excluding hydrogens is 308 g/mol. The van der Waals surface area contributed by atoms with E-state index in [2.05, 4.69) is 53.6 Å². The summed E-state index contributed by atoms with van der Waals surface area (Å²) in [5.74, 6) is 0. The second kappa shape index (κ2) is 7.95. The fourth-order valence-corrected chi connectivity index (χ4v) is 3.33. The normalized spacial score (nSPS) is 16.3. The Morgan fingerprint density at radius 1 is 1.22 bits per heavy atom. The Morgan fingerprint density at radius 2 is 1.96 bits per heavy atom. The fourth-order valence-electron chi connectivity index (χ4n) is 3.33. The number of aromatic nitrogens is 2. The van der Waals surface area contributed by atoms with Gasteiger partial charge in [-0.3, -0.25) is 9.58 Å². The number of nitrogens with one attached hydrogen (secondary N) is 1. The Balaban J connectivity index is 0.00000192. The topological polar surface area (TPSA) is 33.1 Å². The van der Waals surface area contributed by atoms with E-state index >= 15 is 0 Å². The number of halogens is 1. The van der Waals surface area contributed by atoms with Crippen molar-refractivity contribution in [2.75, 3.05) is 20.1 Å². The van der Waals surface area contributed by atoms with Crippen LogP contribution >= 0.6 is 12.4 Å². The van der Waals surface area contributed by atoms with Gasteiger partial charge in [0.2, 0.25) is 0 Å². The smallest absolute Gasteiger partial charge is 0.0682 e. The molecule has 1 N–H and O–H groups in total. The highest BCUT2D eigenvalue weighted by Crippen LogP contribution is 2.26. The largest absolute Gasteiger partial charge is 0.317 e. The van der Waals surface area contributed by atoms with Crippen LogP contribution < -0.4 is 5.32 Å². The van der Waals surface area contributed by atoms with Crippen LogP contribution in [0.15, 0.2) is 30.5 Å². The summed E-state index contributed by atoms with van der Waals surface area (Å²) in [6.45, 7) is 5.52. The van der Waals surface area contributed by atoms with Crippen LogP contribution in [0.3, 0.4) is 0 Å². The molecule has 0 amide bonds. The summed E-state index contributed by atoms with van der Waals surface area (Å²) in [4.78, 5) is 2.57. The van der Waals surface area contributed by atoms with Crippen molar-refractivity contribution in [2.24, 2.45) is 7.05 Å². The number of rotatable bonds is 4. The molecule has 0 radical (unpaired) electrons. The molecule has 126 valence electrons. The fraction of sp³-hybridized carbons (Fsp3) is 0.500. The molecule has 1 saturated heterocycles. The van der Waals surface area contributed by atoms with Crippen molar-refractivity contribution in [1.82, 2.24) is 20.0 Å². The molecular formula is C18H27ClN4. The molecule has 1 aliphatic heterocycles. The first-order chi connectivity index (χ1) is 10.7. The summed E-state index contributed by atoms with van der Waals surface area (Å²) in [6, 6.07) is 9.57. The van der Waals surface area contributed by atoms with Crippen molar-refractivity contribution in [2.45, 2.75) is 32.4 Å². The van der Waals surface area contributed by atoms with Gasteiger partial charge in [-0.05, 0) is 57.6 Å². The molecule has 1 aromatic carbocycles. The van der Waals surface area contributed by atoms with Crippen LogP contribution in [0.4, 0.5) is 0 Å². The maximum atomic E-state index is 4.33. The maximum Gasteiger partial charge on any atom is 0.0682 e. The predicted octanol–water partition coefficient (Wildman–Crippen LogP) is 3.00. The number of benzene rings is 1. The molecule has 0 atom stereocenters. The molecule has 2 heterocycles. The Labute approximate surface area is 145 Å². The highest BCUT2D eigenvalue weighted by Gasteiger charge is 2.19. The molecule has 0 aliphatic carbocycles. The number of hydrogen-bond acceptors (Lipinski definition) is 3. The summed E-state index contributed by atoms with van der Waals surface area (Å²) in [5, 5.41) is 7.73. The second-order valence-corrected chi connectivity index (χ2v) is 6.34. The maximum absolute atomic E-state index is 4.33. The molecule has 23 heavy (non-hydrogen) atoms. The molecule has 2 aromatic rings. The van der Waals surface area contributed by atoms with E-state index in [1.165, 1.54) is 48.3 Å². The SMILES string of the molecule is CNC1CCN(Cc2ccc(C)cc2-c2ccnn2C)CC1.Cl. The Morgan fingerprint density at radius 3 is 2.57 bits per heavy atom. The van der Waals surface area contributed by atoms with Gasteiger partial charge in [0.25, 0.3) is 0 Å². The Bertz CT molecular complexity index is 630. The van der Waals surface area contributed by atoms with Crippen LogP contribution in [0, 0.1) is 6.92 Å². The molecule has 4 nitrogen and oxygen atoms in total. The molecule has 0 bridgehead atoms. The van der Waals surface area contributed by atoms with Crippen molar-refractivity contribution >= 4 is 12.4 Å². The summed E-state index contributed by atoms with van der Waals surface area (Å²) < 4.78 is 1.96. The average molecular weight is 335 g/mol. The molecule has 1 fully saturated rings. The van der Waals surface area contributed by atoms with E-state index in [-0.39, 0.29) is 12.4 Å². The molecule has 0 spiro atoms. The first-order valence-electron chi connectivity index (χ1n) is 8.15. The third kappa shape index (κ3) is 4.14. The lowest BCUT2D eigenvalue weighted by atomic mass is 9.99. The Kier molecular flexibility index (Phi) is 6.22. The van der Waals surface area contributed by atoms with Crippen LogP contribution in [0.25, 0.3) is 11.3 Å². The molecule has 0 unspecified atom stereocenters. The van der Waals surface area contributed by atoms with Crippen LogP contribution in [-0.4, -0.2) is 40.9 Å². The van der Waals surface area contributed by atoms with E-state index in [1.54, 1.807) is 0 Å². The zero-order valence-corrected chi connectivity index (χ0v) is 15.1. The number of hydrogen-bond donors (Lipinski definition) is 1. The van der Waals surface area contributed by atoms with Gasteiger partial charge in [-0.2, -0.15) is 5.10 Å². The van der Waals surface area contributed by atoms with Gasteiger partial charge in [0.05, 0.1) is 5.69 Å². The average Bonchev–Trinajstić information content (AvgIpc) is 2.96. The van der Waals surface area contributed by atoms with Gasteiger partial charge in [-0.15, -0.1) is 12.4 Å². The van der Waals surface area contributed by atoms with E-state index < -0.39 is 0 Å². The number of aryl methyl sites for hydroxylation is 2. The first-order valence-corrected chi connectivity index (χ1v) is 8.15. The Hall–Kier alpha value is -1.36. The van der Waals surface area contributed by atoms with Crippen molar-refractivity contribution in [3.63, 3.8) is 0 Å². The van der Waals surface area contributed by atoms with Crippen LogP contribution in [0.5, 0.6) is 0 Å². The minimum Gasteiger partial charge on any atom is -0.317 e. The van der Waals surface area contributed by atoms with Crippen molar-refractivity contribution in [3.8, 4) is 11.3 Å². The van der Waals surface area contributed by atoms with Gasteiger partial charge < -0.3 is 5.32 Å². The summed E-state index contributed by atoms with van der Waals surface area (Å²) in [5.41, 5.74) is 5.21. The highest BCUT2D eigenvalue weighted by molar-refractivity contribution is 5.85. The number of piperidine rings is 1. The lowest BCUT2D eigenvalue weighted by Gasteiger charge is -2.32. The van der Waals surface area contributed by atoms with Crippen LogP contribution in [0.2, 0.25) is 0 Å². The lowest BCUT2D eigenvalue weighted by Crippen LogP contribution is -2.40. The third-order valence-electron chi connectivity index (χ3n) is 4.75. The minimum atomic E-state index is 0. The highest BCUT2D eigenvalue weighted by atomic mass is 35.5. The first kappa shape index (κ1) is 18.0. The minimum absolute atomic E-state index is 0. The molecule has 1 aliphatic rings. The van der Waals surface area contributed by atoms with E-state index in [1.807, 2.05) is 17.9 Å². The van der Waals surface area contributed by atoms with Gasteiger partial charge in [-0.25, -0.2) is 0 Å². The van der Waals surface area contributed by atoms with E-state index in [9.17, 15) is 0 Å². The monoisotopic (exact) mass is 334 g/mol. The van der Waals surface area contributed by atoms with Gasteiger partial charge in [0.1, 0.15) is 0 Å². The summed E-state index contributed by atoms with van der Waals surface area (Å²) >= 11 is 0. The summed E-state index contributed by atoms with van der Waals surface area (Å²) in [6.07, 6.45) is 4.35. The molecule has 0 saturated carbocycles. The van der Waals surface area contributed by atoms with Gasteiger partial charge in [0.15, 0.2) is 0 Å². The van der Waals surface area contributed by atoms with Crippen LogP contribution in [-0.2, 0) is 13.6 Å². The molecule has 1 aromatic heterocycles. The predicted molar refractivity (Wildman–Crippen MR) is 98.0 cm³/mol. The van der Waals surface area contributed by atoms with E-state index in [0.29, 0.717) is 6.04 Å². The molecule has 3 rings (SSSR count). The lowest BCUT2D eigenvalue weighted by molar-refractivity contribution is 0.195. The van der Waals surface area contributed by atoms with Crippen molar-refractivity contribution in [3.05, 3.63) is 41.6 Å². The van der Waals surface area contributed by atoms with Gasteiger partial charge in [-0.1, -0.05) is 17.7 Å².